The Morgan fingerprint density at radius 2 is 1.95 bits per heavy atom. The lowest BCUT2D eigenvalue weighted by molar-refractivity contribution is 0.256. The van der Waals surface area contributed by atoms with Gasteiger partial charge in [-0.15, -0.1) is 0 Å². The first-order valence-corrected chi connectivity index (χ1v) is 14.3. The van der Waals surface area contributed by atoms with Crippen LogP contribution in [0.2, 0.25) is 0 Å². The summed E-state index contributed by atoms with van der Waals surface area (Å²) >= 11 is 0. The van der Waals surface area contributed by atoms with E-state index >= 15 is 0 Å². The normalized spacial score (nSPS) is 18.3. The van der Waals surface area contributed by atoms with Gasteiger partial charge in [0.05, 0.1) is 18.8 Å². The van der Waals surface area contributed by atoms with Gasteiger partial charge < -0.3 is 10.1 Å². The number of benzene rings is 1. The number of amides is 2. The average molecular weight is 556 g/mol. The minimum Gasteiger partial charge on any atom is -0.481 e. The van der Waals surface area contributed by atoms with E-state index in [9.17, 15) is 22.0 Å². The van der Waals surface area contributed by atoms with E-state index in [0.717, 1.165) is 59.9 Å². The molecule has 204 valence electrons. The van der Waals surface area contributed by atoms with Crippen molar-refractivity contribution < 1.29 is 26.7 Å². The van der Waals surface area contributed by atoms with Crippen LogP contribution in [0.1, 0.15) is 60.8 Å². The van der Waals surface area contributed by atoms with Gasteiger partial charge in [0, 0.05) is 24.0 Å². The topological polar surface area (TPSA) is 115 Å². The van der Waals surface area contributed by atoms with Gasteiger partial charge in [-0.2, -0.15) is 22.3 Å². The van der Waals surface area contributed by atoms with Gasteiger partial charge in [0.2, 0.25) is 5.88 Å². The number of methoxy groups -OCH3 is 1. The molecule has 1 aromatic carbocycles. The minimum atomic E-state index is -4.31. The Labute approximate surface area is 224 Å². The highest BCUT2D eigenvalue weighted by Crippen LogP contribution is 2.50. The van der Waals surface area contributed by atoms with Gasteiger partial charge in [0.1, 0.15) is 0 Å². The molecule has 12 heteroatoms. The lowest BCUT2D eigenvalue weighted by Gasteiger charge is -2.28. The number of hydrogen-bond donors (Lipinski definition) is 2. The van der Waals surface area contributed by atoms with Gasteiger partial charge in [0.25, 0.3) is 16.1 Å². The summed E-state index contributed by atoms with van der Waals surface area (Å²) in [4.78, 5) is 17.4. The summed E-state index contributed by atoms with van der Waals surface area (Å²) < 4.78 is 60.2. The Kier molecular flexibility index (Phi) is 6.37. The monoisotopic (exact) mass is 555 g/mol. The summed E-state index contributed by atoms with van der Waals surface area (Å²) in [5.41, 5.74) is 5.60. The second-order valence-corrected chi connectivity index (χ2v) is 11.8. The van der Waals surface area contributed by atoms with E-state index in [0.29, 0.717) is 17.5 Å². The number of carbonyl (C=O) groups is 1. The number of urea groups is 1. The van der Waals surface area contributed by atoms with Crippen LogP contribution in [0.4, 0.5) is 19.3 Å². The van der Waals surface area contributed by atoms with E-state index in [-0.39, 0.29) is 29.5 Å². The zero-order valence-electron chi connectivity index (χ0n) is 21.2. The maximum absolute atomic E-state index is 13.2. The van der Waals surface area contributed by atoms with Crippen molar-refractivity contribution in [2.75, 3.05) is 12.4 Å². The Morgan fingerprint density at radius 3 is 2.67 bits per heavy atom. The van der Waals surface area contributed by atoms with Crippen molar-refractivity contribution in [2.45, 2.75) is 61.9 Å². The highest BCUT2D eigenvalue weighted by atomic mass is 32.2. The fourth-order valence-electron chi connectivity index (χ4n) is 5.44. The van der Waals surface area contributed by atoms with Crippen LogP contribution >= 0.6 is 0 Å². The SMILES string of the molecule is COc1cc(-c2c(C3CC3)cc3c(c2NC(=O)NS(=O)(=O)c2ccn(C4CC(=C(F)F)C4)n2)CCC3)ccn1. The summed E-state index contributed by atoms with van der Waals surface area (Å²) in [6.07, 6.45) is 6.29. The van der Waals surface area contributed by atoms with Crippen molar-refractivity contribution in [1.29, 1.82) is 0 Å². The number of ether oxygens (including phenoxy) is 1. The minimum absolute atomic E-state index is 0.0426. The first-order valence-electron chi connectivity index (χ1n) is 12.8. The van der Waals surface area contributed by atoms with E-state index in [1.807, 2.05) is 12.1 Å². The fraction of sp³-hybridized carbons (Fsp3) is 0.370. The molecule has 9 nitrogen and oxygen atoms in total. The lowest BCUT2D eigenvalue weighted by Crippen LogP contribution is -2.35. The molecule has 2 saturated carbocycles. The molecule has 3 aliphatic rings. The van der Waals surface area contributed by atoms with Crippen molar-refractivity contribution in [2.24, 2.45) is 0 Å². The van der Waals surface area contributed by atoms with Crippen LogP contribution in [0.15, 0.2) is 53.3 Å². The highest BCUT2D eigenvalue weighted by molar-refractivity contribution is 7.90. The molecule has 2 aromatic heterocycles. The standard InChI is InChI=1S/C27H27F2N5O4S/c1-38-22-14-17(7-9-30-22)24-21(15-5-6-15)13-16-3-2-4-20(16)25(24)31-27(35)33-39(36,37)23-8-10-34(32-23)19-11-18(12-19)26(28)29/h7-10,13-15,19H,2-6,11-12H2,1H3,(H2,31,33,35). The largest absolute Gasteiger partial charge is 0.481 e. The van der Waals surface area contributed by atoms with Crippen molar-refractivity contribution >= 4 is 21.7 Å². The van der Waals surface area contributed by atoms with E-state index in [1.165, 1.54) is 24.1 Å². The Hall–Kier alpha value is -3.80. The molecule has 0 bridgehead atoms. The van der Waals surface area contributed by atoms with Gasteiger partial charge in [0.15, 0.2) is 5.03 Å². The molecule has 2 N–H and O–H groups in total. The number of hydrogen-bond acceptors (Lipinski definition) is 6. The summed E-state index contributed by atoms with van der Waals surface area (Å²) in [7, 11) is -2.77. The average Bonchev–Trinajstić information content (AvgIpc) is 3.39. The third-order valence-corrected chi connectivity index (χ3v) is 8.83. The molecule has 3 aliphatic carbocycles. The second kappa shape index (κ2) is 9.74. The van der Waals surface area contributed by atoms with Gasteiger partial charge in [-0.3, -0.25) is 4.68 Å². The van der Waals surface area contributed by atoms with Crippen LogP contribution < -0.4 is 14.8 Å². The van der Waals surface area contributed by atoms with E-state index in [1.54, 1.807) is 6.20 Å². The van der Waals surface area contributed by atoms with Gasteiger partial charge in [-0.25, -0.2) is 14.5 Å². The molecule has 6 rings (SSSR count). The third-order valence-electron chi connectivity index (χ3n) is 7.61. The van der Waals surface area contributed by atoms with Crippen molar-refractivity contribution in [3.8, 4) is 17.0 Å². The van der Waals surface area contributed by atoms with Gasteiger partial charge in [-0.1, -0.05) is 6.07 Å². The number of aryl methyl sites for hydroxylation is 1. The molecule has 0 saturated heterocycles. The number of fused-ring (bicyclic) bond motifs is 1. The number of nitrogens with zero attached hydrogens (tertiary/aromatic N) is 3. The van der Waals surface area contributed by atoms with Crippen molar-refractivity contribution in [3.05, 3.63) is 65.0 Å². The maximum atomic E-state index is 13.2. The molecular formula is C27H27F2N5O4S. The smallest absolute Gasteiger partial charge is 0.333 e. The molecule has 0 atom stereocenters. The lowest BCUT2D eigenvalue weighted by atomic mass is 9.87. The number of aromatic nitrogens is 3. The van der Waals surface area contributed by atoms with E-state index in [2.05, 4.69) is 26.2 Å². The summed E-state index contributed by atoms with van der Waals surface area (Å²) in [6.45, 7) is 0. The Morgan fingerprint density at radius 1 is 1.15 bits per heavy atom. The third kappa shape index (κ3) is 4.88. The first kappa shape index (κ1) is 25.5. The number of sulfonamides is 1. The second-order valence-electron chi connectivity index (χ2n) is 10.2. The summed E-state index contributed by atoms with van der Waals surface area (Å²) in [5.74, 6) is 0.806. The van der Waals surface area contributed by atoms with Crippen LogP contribution in [0.3, 0.4) is 0 Å². The molecule has 0 unspecified atom stereocenters. The molecule has 2 heterocycles. The number of anilines is 1. The predicted molar refractivity (Wildman–Crippen MR) is 139 cm³/mol. The summed E-state index contributed by atoms with van der Waals surface area (Å²) in [5, 5.41) is 6.54. The van der Waals surface area contributed by atoms with Crippen LogP contribution in [0, 0.1) is 0 Å². The van der Waals surface area contributed by atoms with E-state index in [4.69, 9.17) is 4.74 Å². The Bertz CT molecular complexity index is 1600. The van der Waals surface area contributed by atoms with Gasteiger partial charge in [-0.05, 0) is 90.8 Å². The fourth-order valence-corrected chi connectivity index (χ4v) is 6.28. The molecule has 0 radical (unpaired) electrons. The quantitative estimate of drug-likeness (QED) is 0.408. The maximum Gasteiger partial charge on any atom is 0.333 e. The number of nitrogens with one attached hydrogen (secondary N) is 2. The number of rotatable bonds is 7. The Balaban J connectivity index is 1.29. The zero-order chi connectivity index (χ0) is 27.3. The number of halogens is 2. The van der Waals surface area contributed by atoms with Crippen molar-refractivity contribution in [3.63, 3.8) is 0 Å². The summed E-state index contributed by atoms with van der Waals surface area (Å²) in [6, 6.07) is 5.90. The highest BCUT2D eigenvalue weighted by Gasteiger charge is 2.33. The van der Waals surface area contributed by atoms with E-state index < -0.39 is 22.1 Å². The number of carbonyl (C=O) groups excluding carboxylic acids is 1. The number of allylic oxidation sites excluding steroid dienone is 1. The molecular weight excluding hydrogens is 528 g/mol. The first-order chi connectivity index (χ1) is 18.7. The molecule has 3 aromatic rings. The molecule has 0 spiro atoms. The van der Waals surface area contributed by atoms with Gasteiger partial charge >= 0.3 is 6.03 Å². The molecule has 0 aliphatic heterocycles. The number of pyridine rings is 1. The molecule has 2 fully saturated rings. The van der Waals surface area contributed by atoms with Crippen LogP contribution in [-0.2, 0) is 22.9 Å². The molecule has 39 heavy (non-hydrogen) atoms. The van der Waals surface area contributed by atoms with Crippen molar-refractivity contribution in [1.82, 2.24) is 19.5 Å². The molecule has 2 amide bonds. The predicted octanol–water partition coefficient (Wildman–Crippen LogP) is 5.32. The zero-order valence-corrected chi connectivity index (χ0v) is 22.0. The van der Waals surface area contributed by atoms with Crippen LogP contribution in [-0.4, -0.2) is 36.3 Å². The van der Waals surface area contributed by atoms with Crippen LogP contribution in [0.25, 0.3) is 11.1 Å². The van der Waals surface area contributed by atoms with Crippen LogP contribution in [0.5, 0.6) is 5.88 Å².